The summed E-state index contributed by atoms with van der Waals surface area (Å²) >= 11 is 0. The Labute approximate surface area is 93.5 Å². The van der Waals surface area contributed by atoms with Crippen LogP contribution in [-0.2, 0) is 6.42 Å². The second-order valence-corrected chi connectivity index (χ2v) is 3.76. The topological polar surface area (TPSA) is 54.7 Å². The number of aryl methyl sites for hydroxylation is 1. The van der Waals surface area contributed by atoms with Gasteiger partial charge in [-0.15, -0.1) is 0 Å². The monoisotopic (exact) mass is 219 g/mol. The normalized spacial score (nSPS) is 10.7. The van der Waals surface area contributed by atoms with Crippen molar-refractivity contribution >= 4 is 0 Å². The first-order valence-corrected chi connectivity index (χ1v) is 5.21. The number of nitrogens with one attached hydrogen (secondary N) is 1. The highest BCUT2D eigenvalue weighted by molar-refractivity contribution is 5.66. The van der Waals surface area contributed by atoms with E-state index in [-0.39, 0.29) is 5.82 Å². The Kier molecular flexibility index (Phi) is 3.01. The first-order valence-electron chi connectivity index (χ1n) is 5.21. The highest BCUT2D eigenvalue weighted by Gasteiger charge is 2.08. The molecule has 0 bridgehead atoms. The second-order valence-electron chi connectivity index (χ2n) is 3.76. The van der Waals surface area contributed by atoms with Crippen molar-refractivity contribution in [1.82, 2.24) is 10.2 Å². The molecule has 0 saturated heterocycles. The molecule has 16 heavy (non-hydrogen) atoms. The summed E-state index contributed by atoms with van der Waals surface area (Å²) in [6, 6.07) is 5.05. The van der Waals surface area contributed by atoms with Crippen LogP contribution < -0.4 is 5.73 Å². The lowest BCUT2D eigenvalue weighted by atomic mass is 10.0. The van der Waals surface area contributed by atoms with Gasteiger partial charge in [0.1, 0.15) is 5.82 Å². The molecular formula is C12H14FN3. The van der Waals surface area contributed by atoms with Gasteiger partial charge in [0.15, 0.2) is 0 Å². The van der Waals surface area contributed by atoms with Crippen LogP contribution in [0.4, 0.5) is 4.39 Å². The van der Waals surface area contributed by atoms with Gasteiger partial charge < -0.3 is 5.73 Å². The Balaban J connectivity index is 2.42. The lowest BCUT2D eigenvalue weighted by Gasteiger charge is -2.04. The second kappa shape index (κ2) is 4.45. The van der Waals surface area contributed by atoms with Gasteiger partial charge in [0.05, 0.1) is 6.20 Å². The molecule has 1 aromatic heterocycles. The zero-order valence-electron chi connectivity index (χ0n) is 9.13. The lowest BCUT2D eigenvalue weighted by molar-refractivity contribution is 0.619. The van der Waals surface area contributed by atoms with Crippen LogP contribution >= 0.6 is 0 Å². The molecule has 0 fully saturated rings. The van der Waals surface area contributed by atoms with Gasteiger partial charge in [0.2, 0.25) is 0 Å². The van der Waals surface area contributed by atoms with Gasteiger partial charge in [-0.1, -0.05) is 6.07 Å². The van der Waals surface area contributed by atoms with Gasteiger partial charge >= 0.3 is 0 Å². The molecule has 1 aromatic carbocycles. The minimum atomic E-state index is -0.187. The van der Waals surface area contributed by atoms with E-state index in [1.807, 2.05) is 6.07 Å². The zero-order chi connectivity index (χ0) is 11.5. The molecule has 3 nitrogen and oxygen atoms in total. The number of hydrogen-bond donors (Lipinski definition) is 2. The third-order valence-corrected chi connectivity index (χ3v) is 2.58. The van der Waals surface area contributed by atoms with E-state index in [0.29, 0.717) is 12.1 Å². The molecule has 0 atom stereocenters. The molecule has 0 aliphatic carbocycles. The first-order chi connectivity index (χ1) is 7.72. The van der Waals surface area contributed by atoms with Crippen molar-refractivity contribution in [2.75, 3.05) is 6.54 Å². The summed E-state index contributed by atoms with van der Waals surface area (Å²) in [5.41, 5.74) is 9.11. The fraction of sp³-hybridized carbons (Fsp3) is 0.250. The van der Waals surface area contributed by atoms with Gasteiger partial charge in [-0.05, 0) is 36.7 Å². The fourth-order valence-electron chi connectivity index (χ4n) is 1.71. The lowest BCUT2D eigenvalue weighted by Crippen LogP contribution is -2.04. The van der Waals surface area contributed by atoms with Crippen LogP contribution in [0.1, 0.15) is 11.3 Å². The zero-order valence-corrected chi connectivity index (χ0v) is 9.13. The third kappa shape index (κ3) is 1.97. The molecule has 0 aliphatic rings. The number of hydrogen-bond acceptors (Lipinski definition) is 2. The van der Waals surface area contributed by atoms with Gasteiger partial charge in [0.25, 0.3) is 0 Å². The summed E-state index contributed by atoms with van der Waals surface area (Å²) in [7, 11) is 0. The molecule has 0 amide bonds. The van der Waals surface area contributed by atoms with E-state index in [2.05, 4.69) is 10.2 Å². The molecule has 4 heteroatoms. The quantitative estimate of drug-likeness (QED) is 0.829. The Bertz CT molecular complexity index is 491. The number of benzene rings is 1. The van der Waals surface area contributed by atoms with Crippen LogP contribution in [0.2, 0.25) is 0 Å². The molecule has 0 unspecified atom stereocenters. The van der Waals surface area contributed by atoms with Gasteiger partial charge in [-0.2, -0.15) is 5.10 Å². The van der Waals surface area contributed by atoms with Crippen molar-refractivity contribution in [2.45, 2.75) is 13.3 Å². The van der Waals surface area contributed by atoms with Crippen LogP contribution in [0.3, 0.4) is 0 Å². The van der Waals surface area contributed by atoms with Crippen LogP contribution in [-0.4, -0.2) is 16.7 Å². The van der Waals surface area contributed by atoms with E-state index >= 15 is 0 Å². The van der Waals surface area contributed by atoms with Crippen molar-refractivity contribution in [1.29, 1.82) is 0 Å². The largest absolute Gasteiger partial charge is 0.330 e. The summed E-state index contributed by atoms with van der Waals surface area (Å²) in [6.45, 7) is 2.32. The van der Waals surface area contributed by atoms with E-state index in [4.69, 9.17) is 5.73 Å². The smallest absolute Gasteiger partial charge is 0.126 e. The standard InChI is InChI=1S/C12H14FN3/c1-8-6-9(2-3-11(8)13)10-7-15-16-12(10)4-5-14/h2-3,6-7H,4-5,14H2,1H3,(H,15,16). The maximum absolute atomic E-state index is 13.1. The Morgan fingerprint density at radius 2 is 2.25 bits per heavy atom. The van der Waals surface area contributed by atoms with Crippen molar-refractivity contribution in [2.24, 2.45) is 5.73 Å². The Hall–Kier alpha value is -1.68. The van der Waals surface area contributed by atoms with Crippen molar-refractivity contribution in [3.8, 4) is 11.1 Å². The minimum absolute atomic E-state index is 0.187. The average molecular weight is 219 g/mol. The number of rotatable bonds is 3. The van der Waals surface area contributed by atoms with E-state index in [0.717, 1.165) is 23.2 Å². The van der Waals surface area contributed by atoms with E-state index in [1.165, 1.54) is 6.07 Å². The third-order valence-electron chi connectivity index (χ3n) is 2.58. The summed E-state index contributed by atoms with van der Waals surface area (Å²) in [4.78, 5) is 0. The molecule has 1 heterocycles. The van der Waals surface area contributed by atoms with Crippen LogP contribution in [0.5, 0.6) is 0 Å². The molecule has 0 aliphatic heterocycles. The van der Waals surface area contributed by atoms with Crippen LogP contribution in [0.15, 0.2) is 24.4 Å². The number of nitrogens with zero attached hydrogens (tertiary/aromatic N) is 1. The first kappa shape index (κ1) is 10.8. The number of H-pyrrole nitrogens is 1. The molecule has 84 valence electrons. The predicted octanol–water partition coefficient (Wildman–Crippen LogP) is 2.03. The maximum atomic E-state index is 13.1. The fourth-order valence-corrected chi connectivity index (χ4v) is 1.71. The number of nitrogens with two attached hydrogens (primary N) is 1. The maximum Gasteiger partial charge on any atom is 0.126 e. The summed E-state index contributed by atoms with van der Waals surface area (Å²) in [5.74, 6) is -0.187. The molecule has 0 radical (unpaired) electrons. The summed E-state index contributed by atoms with van der Waals surface area (Å²) < 4.78 is 13.1. The van der Waals surface area contributed by atoms with Gasteiger partial charge in [-0.3, -0.25) is 5.10 Å². The minimum Gasteiger partial charge on any atom is -0.330 e. The van der Waals surface area contributed by atoms with Crippen molar-refractivity contribution in [3.63, 3.8) is 0 Å². The summed E-state index contributed by atoms with van der Waals surface area (Å²) in [6.07, 6.45) is 2.49. The van der Waals surface area contributed by atoms with Gasteiger partial charge in [0, 0.05) is 17.7 Å². The molecular weight excluding hydrogens is 205 g/mol. The molecule has 2 aromatic rings. The molecule has 2 rings (SSSR count). The molecule has 0 spiro atoms. The van der Waals surface area contributed by atoms with Gasteiger partial charge in [-0.25, -0.2) is 4.39 Å². The summed E-state index contributed by atoms with van der Waals surface area (Å²) in [5, 5.41) is 6.91. The predicted molar refractivity (Wildman–Crippen MR) is 61.5 cm³/mol. The van der Waals surface area contributed by atoms with E-state index in [9.17, 15) is 4.39 Å². The Morgan fingerprint density at radius 1 is 1.44 bits per heavy atom. The van der Waals surface area contributed by atoms with E-state index < -0.39 is 0 Å². The molecule has 0 saturated carbocycles. The van der Waals surface area contributed by atoms with E-state index in [1.54, 1.807) is 19.2 Å². The average Bonchev–Trinajstić information content (AvgIpc) is 2.71. The number of aromatic nitrogens is 2. The Morgan fingerprint density at radius 3 is 2.94 bits per heavy atom. The highest BCUT2D eigenvalue weighted by atomic mass is 19.1. The van der Waals surface area contributed by atoms with Crippen LogP contribution in [0, 0.1) is 12.7 Å². The number of halogens is 1. The van der Waals surface area contributed by atoms with Crippen molar-refractivity contribution < 1.29 is 4.39 Å². The molecule has 3 N–H and O–H groups in total. The number of aromatic amines is 1. The van der Waals surface area contributed by atoms with Crippen molar-refractivity contribution in [3.05, 3.63) is 41.5 Å². The SMILES string of the molecule is Cc1cc(-c2cn[nH]c2CCN)ccc1F. The van der Waals surface area contributed by atoms with Crippen LogP contribution in [0.25, 0.3) is 11.1 Å². The highest BCUT2D eigenvalue weighted by Crippen LogP contribution is 2.24.